The lowest BCUT2D eigenvalue weighted by molar-refractivity contribution is 0.0932. The van der Waals surface area contributed by atoms with Gasteiger partial charge in [0, 0.05) is 35.4 Å². The van der Waals surface area contributed by atoms with Crippen molar-refractivity contribution in [2.75, 3.05) is 25.4 Å². The van der Waals surface area contributed by atoms with Gasteiger partial charge in [-0.2, -0.15) is 0 Å². The molecule has 0 aliphatic heterocycles. The molecule has 1 atom stereocenters. The van der Waals surface area contributed by atoms with E-state index in [1.54, 1.807) is 6.20 Å². The number of hydrogen-bond donors (Lipinski definition) is 3. The summed E-state index contributed by atoms with van der Waals surface area (Å²) < 4.78 is 0. The third kappa shape index (κ3) is 3.55. The van der Waals surface area contributed by atoms with E-state index in [0.29, 0.717) is 11.3 Å². The average Bonchev–Trinajstić information content (AvgIpc) is 2.87. The molecule has 0 saturated carbocycles. The van der Waals surface area contributed by atoms with E-state index < -0.39 is 0 Å². The number of nitrogens with one attached hydrogen (secondary N) is 2. The van der Waals surface area contributed by atoms with Gasteiger partial charge in [0.15, 0.2) is 0 Å². The lowest BCUT2D eigenvalue weighted by atomic mass is 10.1. The summed E-state index contributed by atoms with van der Waals surface area (Å²) in [4.78, 5) is 17.8. The topological polar surface area (TPSA) is 74.2 Å². The van der Waals surface area contributed by atoms with Gasteiger partial charge in [-0.15, -0.1) is 0 Å². The Morgan fingerprint density at radius 3 is 2.76 bits per heavy atom. The molecule has 21 heavy (non-hydrogen) atoms. The van der Waals surface area contributed by atoms with Crippen molar-refractivity contribution in [1.29, 1.82) is 0 Å². The number of aromatic nitrogens is 1. The summed E-state index contributed by atoms with van der Waals surface area (Å²) in [5.41, 5.74) is 8.03. The monoisotopic (exact) mass is 288 g/mol. The van der Waals surface area contributed by atoms with Crippen LogP contribution in [-0.2, 0) is 0 Å². The van der Waals surface area contributed by atoms with Crippen LogP contribution in [0.3, 0.4) is 0 Å². The second-order valence-corrected chi connectivity index (χ2v) is 5.37. The first-order valence-corrected chi connectivity index (χ1v) is 7.45. The standard InChI is InChI=1S/C16H24N4O/c1-4-20(5-2)10-11(3)19-16(21)14-9-18-15-7-6-12(17)8-13(14)15/h6-9,11,18H,4-5,10,17H2,1-3H3,(H,19,21). The highest BCUT2D eigenvalue weighted by atomic mass is 16.1. The molecule has 0 aliphatic rings. The van der Waals surface area contributed by atoms with Gasteiger partial charge < -0.3 is 20.9 Å². The van der Waals surface area contributed by atoms with Crippen LogP contribution in [0.1, 0.15) is 31.1 Å². The number of likely N-dealkylation sites (N-methyl/N-ethyl adjacent to an activating group) is 1. The number of rotatable bonds is 6. The molecule has 5 nitrogen and oxygen atoms in total. The minimum Gasteiger partial charge on any atom is -0.399 e. The molecular formula is C16H24N4O. The first-order chi connectivity index (χ1) is 10.0. The van der Waals surface area contributed by atoms with E-state index in [-0.39, 0.29) is 11.9 Å². The number of hydrogen-bond acceptors (Lipinski definition) is 3. The number of benzene rings is 1. The molecule has 0 radical (unpaired) electrons. The summed E-state index contributed by atoms with van der Waals surface area (Å²) >= 11 is 0. The molecular weight excluding hydrogens is 264 g/mol. The van der Waals surface area contributed by atoms with Crippen molar-refractivity contribution < 1.29 is 4.79 Å². The number of H-pyrrole nitrogens is 1. The van der Waals surface area contributed by atoms with Gasteiger partial charge in [0.1, 0.15) is 0 Å². The summed E-state index contributed by atoms with van der Waals surface area (Å²) in [6.07, 6.45) is 1.74. The fraction of sp³-hybridized carbons (Fsp3) is 0.438. The number of nitrogens with two attached hydrogens (primary N) is 1. The zero-order chi connectivity index (χ0) is 15.4. The lowest BCUT2D eigenvalue weighted by Gasteiger charge is -2.23. The minimum atomic E-state index is -0.0634. The molecule has 2 aromatic rings. The zero-order valence-corrected chi connectivity index (χ0v) is 12.9. The number of anilines is 1. The van der Waals surface area contributed by atoms with Gasteiger partial charge in [-0.1, -0.05) is 13.8 Å². The molecule has 1 aromatic heterocycles. The maximum Gasteiger partial charge on any atom is 0.253 e. The van der Waals surface area contributed by atoms with E-state index in [4.69, 9.17) is 5.73 Å². The quantitative estimate of drug-likeness (QED) is 0.713. The van der Waals surface area contributed by atoms with Crippen molar-refractivity contribution in [3.8, 4) is 0 Å². The van der Waals surface area contributed by atoms with Crippen LogP contribution in [0.15, 0.2) is 24.4 Å². The number of nitrogens with zero attached hydrogens (tertiary/aromatic N) is 1. The second kappa shape index (κ2) is 6.63. The van der Waals surface area contributed by atoms with Gasteiger partial charge in [-0.25, -0.2) is 0 Å². The van der Waals surface area contributed by atoms with Crippen LogP contribution < -0.4 is 11.1 Å². The number of carbonyl (C=O) groups excluding carboxylic acids is 1. The summed E-state index contributed by atoms with van der Waals surface area (Å²) in [6.45, 7) is 9.10. The molecule has 0 fully saturated rings. The highest BCUT2D eigenvalue weighted by Gasteiger charge is 2.15. The largest absolute Gasteiger partial charge is 0.399 e. The normalized spacial score (nSPS) is 12.8. The molecule has 1 amide bonds. The fourth-order valence-electron chi connectivity index (χ4n) is 2.54. The molecule has 0 bridgehead atoms. The molecule has 0 spiro atoms. The van der Waals surface area contributed by atoms with Gasteiger partial charge in [-0.3, -0.25) is 4.79 Å². The molecule has 1 aromatic carbocycles. The predicted molar refractivity (Wildman–Crippen MR) is 87.4 cm³/mol. The number of nitrogen functional groups attached to an aromatic ring is 1. The maximum atomic E-state index is 12.4. The Bertz CT molecular complexity index is 616. The molecule has 5 heteroatoms. The van der Waals surface area contributed by atoms with E-state index in [1.807, 2.05) is 25.1 Å². The van der Waals surface area contributed by atoms with Crippen LogP contribution in [0.5, 0.6) is 0 Å². The van der Waals surface area contributed by atoms with Crippen molar-refractivity contribution in [1.82, 2.24) is 15.2 Å². The van der Waals surface area contributed by atoms with Crippen molar-refractivity contribution in [2.45, 2.75) is 26.8 Å². The van der Waals surface area contributed by atoms with E-state index >= 15 is 0 Å². The van der Waals surface area contributed by atoms with E-state index in [1.165, 1.54) is 0 Å². The first kappa shape index (κ1) is 15.4. The van der Waals surface area contributed by atoms with Gasteiger partial charge >= 0.3 is 0 Å². The summed E-state index contributed by atoms with van der Waals surface area (Å²) in [5.74, 6) is -0.0634. The van der Waals surface area contributed by atoms with Crippen LogP contribution in [0.2, 0.25) is 0 Å². The molecule has 0 saturated heterocycles. The SMILES string of the molecule is CCN(CC)CC(C)NC(=O)c1c[nH]c2ccc(N)cc12. The van der Waals surface area contributed by atoms with Crippen LogP contribution in [0.25, 0.3) is 10.9 Å². The third-order valence-electron chi connectivity index (χ3n) is 3.75. The highest BCUT2D eigenvalue weighted by Crippen LogP contribution is 2.20. The van der Waals surface area contributed by atoms with Gasteiger partial charge in [0.2, 0.25) is 0 Å². The Kier molecular flexibility index (Phi) is 4.85. The number of amides is 1. The Morgan fingerprint density at radius 1 is 1.38 bits per heavy atom. The van der Waals surface area contributed by atoms with Crippen LogP contribution in [0, 0.1) is 0 Å². The van der Waals surface area contributed by atoms with Crippen LogP contribution >= 0.6 is 0 Å². The van der Waals surface area contributed by atoms with Gasteiger partial charge in [0.05, 0.1) is 5.56 Å². The maximum absolute atomic E-state index is 12.4. The van der Waals surface area contributed by atoms with Crippen molar-refractivity contribution in [3.05, 3.63) is 30.0 Å². The molecule has 0 aliphatic carbocycles. The Labute approximate surface area is 125 Å². The molecule has 1 heterocycles. The summed E-state index contributed by atoms with van der Waals surface area (Å²) in [7, 11) is 0. The average molecular weight is 288 g/mol. The minimum absolute atomic E-state index is 0.0634. The molecule has 2 rings (SSSR count). The van der Waals surface area contributed by atoms with Crippen molar-refractivity contribution in [3.63, 3.8) is 0 Å². The number of fused-ring (bicyclic) bond motifs is 1. The predicted octanol–water partition coefficient (Wildman–Crippen LogP) is 2.21. The third-order valence-corrected chi connectivity index (χ3v) is 3.75. The smallest absolute Gasteiger partial charge is 0.253 e. The lowest BCUT2D eigenvalue weighted by Crippen LogP contribution is -2.41. The number of carbonyl (C=O) groups is 1. The molecule has 1 unspecified atom stereocenters. The van der Waals surface area contributed by atoms with Gasteiger partial charge in [-0.05, 0) is 38.2 Å². The van der Waals surface area contributed by atoms with Crippen LogP contribution in [0.4, 0.5) is 5.69 Å². The van der Waals surface area contributed by atoms with E-state index in [9.17, 15) is 4.79 Å². The Morgan fingerprint density at radius 2 is 2.10 bits per heavy atom. The summed E-state index contributed by atoms with van der Waals surface area (Å²) in [6, 6.07) is 5.64. The van der Waals surface area contributed by atoms with Gasteiger partial charge in [0.25, 0.3) is 5.91 Å². The molecule has 114 valence electrons. The fourth-order valence-corrected chi connectivity index (χ4v) is 2.54. The van der Waals surface area contributed by atoms with E-state index in [2.05, 4.69) is 29.0 Å². The van der Waals surface area contributed by atoms with Crippen LogP contribution in [-0.4, -0.2) is 41.5 Å². The summed E-state index contributed by atoms with van der Waals surface area (Å²) in [5, 5.41) is 3.92. The van der Waals surface area contributed by atoms with E-state index in [0.717, 1.165) is 30.5 Å². The van der Waals surface area contributed by atoms with Crippen molar-refractivity contribution >= 4 is 22.5 Å². The zero-order valence-electron chi connectivity index (χ0n) is 12.9. The Balaban J connectivity index is 2.10. The van der Waals surface area contributed by atoms with Crippen molar-refractivity contribution in [2.24, 2.45) is 0 Å². The number of aromatic amines is 1. The Hall–Kier alpha value is -2.01. The highest BCUT2D eigenvalue weighted by molar-refractivity contribution is 6.07. The first-order valence-electron chi connectivity index (χ1n) is 7.45. The molecule has 4 N–H and O–H groups in total. The second-order valence-electron chi connectivity index (χ2n) is 5.37.